The number of nitrogens with zero attached hydrogens (tertiary/aromatic N) is 3. The highest BCUT2D eigenvalue weighted by Gasteiger charge is 2.25. The van der Waals surface area contributed by atoms with Crippen LogP contribution < -0.4 is 0 Å². The van der Waals surface area contributed by atoms with Crippen molar-refractivity contribution in [1.29, 1.82) is 0 Å². The number of nitro benzene ring substituents is 1. The second-order valence-corrected chi connectivity index (χ2v) is 9.80. The predicted octanol–water partition coefficient (Wildman–Crippen LogP) is 5.68. The van der Waals surface area contributed by atoms with Crippen LogP contribution in [0.5, 0.6) is 0 Å². The summed E-state index contributed by atoms with van der Waals surface area (Å²) in [5, 5.41) is 13.4. The van der Waals surface area contributed by atoms with E-state index >= 15 is 0 Å². The first-order valence-corrected chi connectivity index (χ1v) is 12.5. The summed E-state index contributed by atoms with van der Waals surface area (Å²) in [5.74, 6) is -0.370. The van der Waals surface area contributed by atoms with Gasteiger partial charge in [-0.1, -0.05) is 62.7 Å². The molecule has 3 rings (SSSR count). The quantitative estimate of drug-likeness (QED) is 0.254. The zero-order valence-electron chi connectivity index (χ0n) is 20.3. The van der Waals surface area contributed by atoms with E-state index in [4.69, 9.17) is 0 Å². The van der Waals surface area contributed by atoms with Crippen molar-refractivity contribution >= 4 is 28.8 Å². The fourth-order valence-corrected chi connectivity index (χ4v) is 4.46. The summed E-state index contributed by atoms with van der Waals surface area (Å²) < 4.78 is 0. The highest BCUT2D eigenvalue weighted by Crippen LogP contribution is 2.22. The lowest BCUT2D eigenvalue weighted by Gasteiger charge is -2.29. The third kappa shape index (κ3) is 7.23. The van der Waals surface area contributed by atoms with Gasteiger partial charge in [-0.3, -0.25) is 19.7 Å². The lowest BCUT2D eigenvalue weighted by atomic mass is 10.1. The van der Waals surface area contributed by atoms with E-state index in [0.717, 1.165) is 16.9 Å². The number of carbonyl (C=O) groups is 2. The summed E-state index contributed by atoms with van der Waals surface area (Å²) in [6.07, 6.45) is 0.842. The second kappa shape index (κ2) is 12.3. The second-order valence-electron chi connectivity index (χ2n) is 8.77. The minimum Gasteiger partial charge on any atom is -0.332 e. The van der Waals surface area contributed by atoms with E-state index in [1.165, 1.54) is 11.0 Å². The zero-order chi connectivity index (χ0) is 25.4. The van der Waals surface area contributed by atoms with Gasteiger partial charge in [0.05, 0.1) is 11.5 Å². The van der Waals surface area contributed by atoms with Crippen molar-refractivity contribution in [1.82, 2.24) is 9.80 Å². The Balaban J connectivity index is 1.86. The molecule has 2 amide bonds. The summed E-state index contributed by atoms with van der Waals surface area (Å²) in [6.45, 7) is 6.87. The van der Waals surface area contributed by atoms with Crippen LogP contribution in [0.15, 0.2) is 66.0 Å². The van der Waals surface area contributed by atoms with E-state index in [1.54, 1.807) is 35.3 Å². The maximum absolute atomic E-state index is 13.5. The van der Waals surface area contributed by atoms with Gasteiger partial charge in [-0.15, -0.1) is 11.3 Å². The maximum Gasteiger partial charge on any atom is 0.273 e. The Morgan fingerprint density at radius 1 is 1.03 bits per heavy atom. The number of nitro groups is 1. The van der Waals surface area contributed by atoms with E-state index in [9.17, 15) is 19.7 Å². The molecule has 0 aliphatic heterocycles. The van der Waals surface area contributed by atoms with Crippen molar-refractivity contribution in [2.45, 2.75) is 40.3 Å². The molecule has 184 valence electrons. The lowest BCUT2D eigenvalue weighted by molar-refractivity contribution is -0.385. The van der Waals surface area contributed by atoms with Gasteiger partial charge >= 0.3 is 0 Å². The van der Waals surface area contributed by atoms with Gasteiger partial charge in [0.15, 0.2) is 0 Å². The highest BCUT2D eigenvalue weighted by atomic mass is 32.1. The topological polar surface area (TPSA) is 83.8 Å². The van der Waals surface area contributed by atoms with Crippen LogP contribution in [0.3, 0.4) is 0 Å². The fraction of sp³-hybridized carbons (Fsp3) is 0.333. The van der Waals surface area contributed by atoms with Crippen molar-refractivity contribution in [3.63, 3.8) is 0 Å². The molecule has 0 radical (unpaired) electrons. The molecule has 0 N–H and O–H groups in total. The van der Waals surface area contributed by atoms with E-state index < -0.39 is 4.92 Å². The molecule has 1 atom stereocenters. The fourth-order valence-electron chi connectivity index (χ4n) is 3.74. The first kappa shape index (κ1) is 26.1. The van der Waals surface area contributed by atoms with Crippen molar-refractivity contribution in [2.75, 3.05) is 13.1 Å². The largest absolute Gasteiger partial charge is 0.332 e. The summed E-state index contributed by atoms with van der Waals surface area (Å²) in [6, 6.07) is 18.2. The molecule has 1 aromatic heterocycles. The molecule has 0 spiro atoms. The lowest BCUT2D eigenvalue weighted by Crippen LogP contribution is -2.44. The zero-order valence-corrected chi connectivity index (χ0v) is 21.2. The number of carbonyl (C=O) groups excluding carboxylic acids is 2. The molecule has 1 unspecified atom stereocenters. The van der Waals surface area contributed by atoms with Crippen LogP contribution in [0, 0.1) is 23.0 Å². The highest BCUT2D eigenvalue weighted by molar-refractivity contribution is 7.09. The predicted molar refractivity (Wildman–Crippen MR) is 138 cm³/mol. The van der Waals surface area contributed by atoms with Crippen LogP contribution >= 0.6 is 11.3 Å². The number of thiophene rings is 1. The standard InChI is InChI=1S/C27H31N3O4S/c1-4-20(2)16-29(27(32)23-13-12-21(3)25(15-23)30(33)34)19-26(31)28(18-24-11-8-14-35-24)17-22-9-6-5-7-10-22/h5-15,20H,4,16-19H2,1-3H3. The molecule has 0 saturated heterocycles. The third-order valence-electron chi connectivity index (χ3n) is 5.99. The molecular weight excluding hydrogens is 462 g/mol. The molecule has 1 heterocycles. The number of rotatable bonds is 11. The Hall–Kier alpha value is -3.52. The Bertz CT molecular complexity index is 1150. The van der Waals surface area contributed by atoms with Gasteiger partial charge in [-0.05, 0) is 35.9 Å². The third-order valence-corrected chi connectivity index (χ3v) is 6.85. The van der Waals surface area contributed by atoms with Crippen LogP contribution in [-0.4, -0.2) is 39.6 Å². The van der Waals surface area contributed by atoms with E-state index in [0.29, 0.717) is 25.2 Å². The van der Waals surface area contributed by atoms with Crippen molar-refractivity contribution in [3.05, 3.63) is 97.7 Å². The first-order valence-electron chi connectivity index (χ1n) is 11.7. The van der Waals surface area contributed by atoms with Crippen LogP contribution in [0.4, 0.5) is 5.69 Å². The number of hydrogen-bond acceptors (Lipinski definition) is 5. The number of aryl methyl sites for hydroxylation is 1. The molecule has 7 nitrogen and oxygen atoms in total. The van der Waals surface area contributed by atoms with Crippen LogP contribution in [0.1, 0.15) is 46.6 Å². The van der Waals surface area contributed by atoms with Crippen molar-refractivity contribution in [3.8, 4) is 0 Å². The van der Waals surface area contributed by atoms with Gasteiger partial charge in [0.2, 0.25) is 5.91 Å². The summed E-state index contributed by atoms with van der Waals surface area (Å²) in [4.78, 5) is 42.3. The Morgan fingerprint density at radius 3 is 2.40 bits per heavy atom. The normalized spacial score (nSPS) is 11.6. The molecule has 0 aliphatic rings. The van der Waals surface area contributed by atoms with E-state index in [1.807, 2.05) is 61.7 Å². The van der Waals surface area contributed by atoms with E-state index in [-0.39, 0.29) is 35.5 Å². The van der Waals surface area contributed by atoms with Gasteiger partial charge < -0.3 is 9.80 Å². The van der Waals surface area contributed by atoms with Crippen LogP contribution in [-0.2, 0) is 17.9 Å². The van der Waals surface area contributed by atoms with Gasteiger partial charge in [0, 0.05) is 35.2 Å². The molecular formula is C27H31N3O4S. The molecule has 8 heteroatoms. The maximum atomic E-state index is 13.5. The van der Waals surface area contributed by atoms with Gasteiger partial charge in [0.25, 0.3) is 11.6 Å². The van der Waals surface area contributed by atoms with Crippen LogP contribution in [0.2, 0.25) is 0 Å². The molecule has 0 fully saturated rings. The molecule has 0 bridgehead atoms. The van der Waals surface area contributed by atoms with Gasteiger partial charge in [-0.2, -0.15) is 0 Å². The van der Waals surface area contributed by atoms with Crippen LogP contribution in [0.25, 0.3) is 0 Å². The van der Waals surface area contributed by atoms with Crippen molar-refractivity contribution in [2.24, 2.45) is 5.92 Å². The number of amides is 2. The average molecular weight is 494 g/mol. The molecule has 0 aliphatic carbocycles. The number of hydrogen-bond donors (Lipinski definition) is 0. The molecule has 2 aromatic carbocycles. The summed E-state index contributed by atoms with van der Waals surface area (Å²) >= 11 is 1.58. The SMILES string of the molecule is CCC(C)CN(CC(=O)N(Cc1ccccc1)Cc1cccs1)C(=O)c1ccc(C)c([N+](=O)[O-])c1. The minimum absolute atomic E-state index is 0.0942. The Labute approximate surface area is 210 Å². The van der Waals surface area contributed by atoms with Gasteiger partial charge in [0.1, 0.15) is 6.54 Å². The number of benzene rings is 2. The first-order chi connectivity index (χ1) is 16.8. The smallest absolute Gasteiger partial charge is 0.273 e. The van der Waals surface area contributed by atoms with Gasteiger partial charge in [-0.25, -0.2) is 0 Å². The summed E-state index contributed by atoms with van der Waals surface area (Å²) in [5.41, 5.74) is 1.60. The Kier molecular flexibility index (Phi) is 9.14. The van der Waals surface area contributed by atoms with E-state index in [2.05, 4.69) is 0 Å². The summed E-state index contributed by atoms with van der Waals surface area (Å²) in [7, 11) is 0. The minimum atomic E-state index is -0.487. The molecule has 3 aromatic rings. The average Bonchev–Trinajstić information content (AvgIpc) is 3.36. The Morgan fingerprint density at radius 2 is 1.77 bits per heavy atom. The molecule has 35 heavy (non-hydrogen) atoms. The van der Waals surface area contributed by atoms with Crippen molar-refractivity contribution < 1.29 is 14.5 Å². The monoisotopic (exact) mass is 493 g/mol. The molecule has 0 saturated carbocycles.